The number of carbonyl (C=O) groups is 1. The SMILES string of the molecule is CC=C(C)C(=O)N(C)C(C)=N. The Bertz CT molecular complexity index is 206. The molecule has 0 saturated carbocycles. The predicted octanol–water partition coefficient (Wildman–Crippen LogP) is 1.41. The van der Waals surface area contributed by atoms with Crippen molar-refractivity contribution in [3.63, 3.8) is 0 Å². The first kappa shape index (κ1) is 9.88. The Balaban J connectivity index is 4.38. The van der Waals surface area contributed by atoms with Gasteiger partial charge in [-0.1, -0.05) is 6.08 Å². The van der Waals surface area contributed by atoms with Crippen LogP contribution in [0.15, 0.2) is 11.6 Å². The number of nitrogens with zero attached hydrogens (tertiary/aromatic N) is 1. The van der Waals surface area contributed by atoms with Gasteiger partial charge in [0.15, 0.2) is 0 Å². The van der Waals surface area contributed by atoms with Gasteiger partial charge in [0.1, 0.15) is 0 Å². The molecule has 0 unspecified atom stereocenters. The van der Waals surface area contributed by atoms with Crippen molar-refractivity contribution in [3.8, 4) is 0 Å². The molecule has 0 fully saturated rings. The van der Waals surface area contributed by atoms with Crippen LogP contribution in [-0.2, 0) is 4.79 Å². The molecular weight excluding hydrogens is 140 g/mol. The van der Waals surface area contributed by atoms with Gasteiger partial charge in [-0.15, -0.1) is 0 Å². The number of amides is 1. The summed E-state index contributed by atoms with van der Waals surface area (Å²) < 4.78 is 0. The number of rotatable bonds is 1. The molecule has 0 aromatic heterocycles. The van der Waals surface area contributed by atoms with Gasteiger partial charge in [-0.2, -0.15) is 0 Å². The van der Waals surface area contributed by atoms with Crippen molar-refractivity contribution in [3.05, 3.63) is 11.6 Å². The van der Waals surface area contributed by atoms with Crippen LogP contribution in [0.4, 0.5) is 0 Å². The Hall–Kier alpha value is -1.12. The fraction of sp³-hybridized carbons (Fsp3) is 0.500. The van der Waals surface area contributed by atoms with Gasteiger partial charge in [0.05, 0.1) is 5.84 Å². The average molecular weight is 154 g/mol. The van der Waals surface area contributed by atoms with Crippen LogP contribution >= 0.6 is 0 Å². The van der Waals surface area contributed by atoms with Gasteiger partial charge >= 0.3 is 0 Å². The fourth-order valence-electron chi connectivity index (χ4n) is 0.540. The maximum absolute atomic E-state index is 11.2. The highest BCUT2D eigenvalue weighted by molar-refractivity contribution is 6.03. The molecule has 0 aliphatic rings. The molecule has 0 aliphatic carbocycles. The van der Waals surface area contributed by atoms with Crippen LogP contribution in [0.1, 0.15) is 20.8 Å². The molecule has 0 heterocycles. The Labute approximate surface area is 67.2 Å². The van der Waals surface area contributed by atoms with Gasteiger partial charge in [0.2, 0.25) is 0 Å². The quantitative estimate of drug-likeness (QED) is 0.346. The van der Waals surface area contributed by atoms with E-state index in [-0.39, 0.29) is 11.7 Å². The third-order valence-corrected chi connectivity index (χ3v) is 1.58. The first-order valence-corrected chi connectivity index (χ1v) is 3.46. The van der Waals surface area contributed by atoms with E-state index in [0.717, 1.165) is 0 Å². The molecule has 62 valence electrons. The molecule has 0 saturated heterocycles. The van der Waals surface area contributed by atoms with Gasteiger partial charge in [-0.25, -0.2) is 0 Å². The predicted molar refractivity (Wildman–Crippen MR) is 45.6 cm³/mol. The zero-order valence-electron chi connectivity index (χ0n) is 7.43. The first-order chi connectivity index (χ1) is 5.00. The largest absolute Gasteiger partial charge is 0.300 e. The number of likely N-dealkylation sites (N-methyl/N-ethyl adjacent to an activating group) is 1. The van der Waals surface area contributed by atoms with Gasteiger partial charge in [-0.3, -0.25) is 10.2 Å². The van der Waals surface area contributed by atoms with Gasteiger partial charge in [-0.05, 0) is 20.8 Å². The second kappa shape index (κ2) is 3.91. The summed E-state index contributed by atoms with van der Waals surface area (Å²) >= 11 is 0. The highest BCUT2D eigenvalue weighted by Crippen LogP contribution is 1.98. The smallest absolute Gasteiger partial charge is 0.254 e. The number of allylic oxidation sites excluding steroid dienone is 1. The van der Waals surface area contributed by atoms with Crippen LogP contribution in [0.5, 0.6) is 0 Å². The Morgan fingerprint density at radius 2 is 1.91 bits per heavy atom. The van der Waals surface area contributed by atoms with Crippen molar-refractivity contribution in [1.29, 1.82) is 5.41 Å². The maximum atomic E-state index is 11.2. The summed E-state index contributed by atoms with van der Waals surface area (Å²) in [6, 6.07) is 0. The summed E-state index contributed by atoms with van der Waals surface area (Å²) in [5, 5.41) is 7.18. The fourth-order valence-corrected chi connectivity index (χ4v) is 0.540. The number of nitrogens with one attached hydrogen (secondary N) is 1. The third-order valence-electron chi connectivity index (χ3n) is 1.58. The lowest BCUT2D eigenvalue weighted by Crippen LogP contribution is -2.31. The summed E-state index contributed by atoms with van der Waals surface area (Å²) in [5.41, 5.74) is 0.666. The van der Waals surface area contributed by atoms with Gasteiger partial charge < -0.3 is 4.90 Å². The highest BCUT2D eigenvalue weighted by Gasteiger charge is 2.10. The summed E-state index contributed by atoms with van der Waals surface area (Å²) in [6.45, 7) is 5.13. The van der Waals surface area contributed by atoms with E-state index < -0.39 is 0 Å². The molecule has 0 spiro atoms. The summed E-state index contributed by atoms with van der Waals surface area (Å²) in [4.78, 5) is 12.5. The standard InChI is InChI=1S/C8H14N2O/c1-5-6(2)8(11)10(4)7(3)9/h5,9H,1-4H3. The highest BCUT2D eigenvalue weighted by atomic mass is 16.2. The van der Waals surface area contributed by atoms with Crippen LogP contribution in [0.25, 0.3) is 0 Å². The van der Waals surface area contributed by atoms with E-state index >= 15 is 0 Å². The van der Waals surface area contributed by atoms with Crippen molar-refractivity contribution in [2.24, 2.45) is 0 Å². The van der Waals surface area contributed by atoms with E-state index in [1.807, 2.05) is 0 Å². The number of amidine groups is 1. The lowest BCUT2D eigenvalue weighted by atomic mass is 10.2. The van der Waals surface area contributed by atoms with E-state index in [1.165, 1.54) is 4.90 Å². The minimum atomic E-state index is -0.111. The molecule has 0 rings (SSSR count). The van der Waals surface area contributed by atoms with Crippen molar-refractivity contribution in [2.75, 3.05) is 7.05 Å². The summed E-state index contributed by atoms with van der Waals surface area (Å²) in [6.07, 6.45) is 1.74. The molecule has 1 amide bonds. The van der Waals surface area contributed by atoms with E-state index in [0.29, 0.717) is 5.57 Å². The van der Waals surface area contributed by atoms with Gasteiger partial charge in [0.25, 0.3) is 5.91 Å². The first-order valence-electron chi connectivity index (χ1n) is 3.46. The molecule has 0 atom stereocenters. The van der Waals surface area contributed by atoms with E-state index in [4.69, 9.17) is 5.41 Å². The zero-order chi connectivity index (χ0) is 9.02. The molecule has 3 nitrogen and oxygen atoms in total. The molecule has 11 heavy (non-hydrogen) atoms. The minimum absolute atomic E-state index is 0.111. The Morgan fingerprint density at radius 1 is 1.45 bits per heavy atom. The number of hydrogen-bond donors (Lipinski definition) is 1. The number of hydrogen-bond acceptors (Lipinski definition) is 2. The van der Waals surface area contributed by atoms with E-state index in [1.54, 1.807) is 33.9 Å². The molecule has 0 aliphatic heterocycles. The molecule has 3 heteroatoms. The topological polar surface area (TPSA) is 44.2 Å². The van der Waals surface area contributed by atoms with E-state index in [9.17, 15) is 4.79 Å². The summed E-state index contributed by atoms with van der Waals surface area (Å²) in [5.74, 6) is 0.149. The molecule has 0 aromatic rings. The van der Waals surface area contributed by atoms with E-state index in [2.05, 4.69) is 0 Å². The van der Waals surface area contributed by atoms with Crippen LogP contribution in [0.3, 0.4) is 0 Å². The Morgan fingerprint density at radius 3 is 2.18 bits per heavy atom. The molecule has 0 bridgehead atoms. The van der Waals surface area contributed by atoms with Crippen LogP contribution in [-0.4, -0.2) is 23.7 Å². The van der Waals surface area contributed by atoms with Gasteiger partial charge in [0, 0.05) is 12.6 Å². The number of carbonyl (C=O) groups excluding carboxylic acids is 1. The molecular formula is C8H14N2O. The molecule has 0 radical (unpaired) electrons. The van der Waals surface area contributed by atoms with Crippen LogP contribution in [0.2, 0.25) is 0 Å². The van der Waals surface area contributed by atoms with Crippen LogP contribution < -0.4 is 0 Å². The monoisotopic (exact) mass is 154 g/mol. The second-order valence-corrected chi connectivity index (χ2v) is 2.42. The van der Waals surface area contributed by atoms with Crippen molar-refractivity contribution < 1.29 is 4.79 Å². The third kappa shape index (κ3) is 2.53. The summed E-state index contributed by atoms with van der Waals surface area (Å²) in [7, 11) is 1.59. The molecule has 1 N–H and O–H groups in total. The zero-order valence-corrected chi connectivity index (χ0v) is 7.43. The van der Waals surface area contributed by atoms with Crippen molar-refractivity contribution in [1.82, 2.24) is 4.90 Å². The van der Waals surface area contributed by atoms with Crippen molar-refractivity contribution >= 4 is 11.7 Å². The lowest BCUT2D eigenvalue weighted by molar-refractivity contribution is -0.122. The maximum Gasteiger partial charge on any atom is 0.254 e. The normalized spacial score (nSPS) is 11.1. The average Bonchev–Trinajstić information content (AvgIpc) is 2.00. The second-order valence-electron chi connectivity index (χ2n) is 2.42. The lowest BCUT2D eigenvalue weighted by Gasteiger charge is -2.14. The minimum Gasteiger partial charge on any atom is -0.300 e. The van der Waals surface area contributed by atoms with Crippen LogP contribution in [0, 0.1) is 5.41 Å². The Kier molecular flexibility index (Phi) is 3.51. The van der Waals surface area contributed by atoms with Crippen molar-refractivity contribution in [2.45, 2.75) is 20.8 Å². The molecule has 0 aromatic carbocycles.